The van der Waals surface area contributed by atoms with Gasteiger partial charge in [0.1, 0.15) is 11.5 Å². The Labute approximate surface area is 142 Å². The normalized spacial score (nSPS) is 27.3. The zero-order valence-electron chi connectivity index (χ0n) is 14.1. The molecule has 4 rings (SSSR count). The average molecular weight is 328 g/mol. The van der Waals surface area contributed by atoms with Crippen LogP contribution in [0.4, 0.5) is 0 Å². The number of ether oxygens (including phenoxy) is 2. The third-order valence-corrected chi connectivity index (χ3v) is 4.99. The van der Waals surface area contributed by atoms with Crippen molar-refractivity contribution in [3.63, 3.8) is 0 Å². The van der Waals surface area contributed by atoms with Crippen LogP contribution in [-0.4, -0.2) is 41.3 Å². The van der Waals surface area contributed by atoms with Gasteiger partial charge in [-0.1, -0.05) is 6.07 Å². The molecule has 24 heavy (non-hydrogen) atoms. The van der Waals surface area contributed by atoms with Crippen molar-refractivity contribution in [2.45, 2.75) is 51.2 Å². The van der Waals surface area contributed by atoms with Gasteiger partial charge in [-0.25, -0.2) is 0 Å². The molecule has 2 aromatic rings. The quantitative estimate of drug-likeness (QED) is 0.844. The standard InChI is InChI=1S/C19H24N2O3/c1-14-4-5-16(24-14)12-21-9-10-22-19-17(21)6-7-18(19)23-13-15-3-2-8-20-11-15/h2-5,8,11,17-19H,6-7,9-10,12-13H2,1H3/t17-,18-,19-/m0/s1. The smallest absolute Gasteiger partial charge is 0.118 e. The van der Waals surface area contributed by atoms with Crippen LogP contribution in [0.2, 0.25) is 0 Å². The summed E-state index contributed by atoms with van der Waals surface area (Å²) in [5.74, 6) is 2.01. The van der Waals surface area contributed by atoms with Crippen molar-refractivity contribution < 1.29 is 13.9 Å². The fourth-order valence-electron chi connectivity index (χ4n) is 3.82. The summed E-state index contributed by atoms with van der Waals surface area (Å²) < 4.78 is 18.0. The Morgan fingerprint density at radius 2 is 2.25 bits per heavy atom. The van der Waals surface area contributed by atoms with Crippen LogP contribution in [0.15, 0.2) is 41.1 Å². The van der Waals surface area contributed by atoms with Crippen molar-refractivity contribution in [3.05, 3.63) is 53.7 Å². The van der Waals surface area contributed by atoms with E-state index < -0.39 is 0 Å². The zero-order chi connectivity index (χ0) is 16.4. The largest absolute Gasteiger partial charge is 0.465 e. The number of aryl methyl sites for hydroxylation is 1. The molecule has 0 N–H and O–H groups in total. The first-order valence-electron chi connectivity index (χ1n) is 8.71. The molecular weight excluding hydrogens is 304 g/mol. The van der Waals surface area contributed by atoms with Gasteiger partial charge in [0.05, 0.1) is 32.0 Å². The summed E-state index contributed by atoms with van der Waals surface area (Å²) in [5.41, 5.74) is 1.11. The molecule has 5 heteroatoms. The summed E-state index contributed by atoms with van der Waals surface area (Å²) >= 11 is 0. The van der Waals surface area contributed by atoms with E-state index in [-0.39, 0.29) is 12.2 Å². The molecule has 2 fully saturated rings. The van der Waals surface area contributed by atoms with Crippen LogP contribution in [0.1, 0.15) is 29.9 Å². The minimum atomic E-state index is 0.159. The fraction of sp³-hybridized carbons (Fsp3) is 0.526. The highest BCUT2D eigenvalue weighted by Gasteiger charge is 2.43. The maximum absolute atomic E-state index is 6.15. The number of morpholine rings is 1. The van der Waals surface area contributed by atoms with Crippen molar-refractivity contribution >= 4 is 0 Å². The molecule has 0 spiro atoms. The predicted molar refractivity (Wildman–Crippen MR) is 89.4 cm³/mol. The Hall–Kier alpha value is -1.69. The highest BCUT2D eigenvalue weighted by molar-refractivity contribution is 5.08. The second kappa shape index (κ2) is 7.05. The third kappa shape index (κ3) is 3.38. The highest BCUT2D eigenvalue weighted by atomic mass is 16.5. The number of hydrogen-bond donors (Lipinski definition) is 0. The van der Waals surface area contributed by atoms with Crippen molar-refractivity contribution in [1.29, 1.82) is 0 Å². The molecule has 0 unspecified atom stereocenters. The highest BCUT2D eigenvalue weighted by Crippen LogP contribution is 2.33. The van der Waals surface area contributed by atoms with E-state index in [0.717, 1.165) is 49.6 Å². The van der Waals surface area contributed by atoms with Gasteiger partial charge < -0.3 is 13.9 Å². The zero-order valence-corrected chi connectivity index (χ0v) is 14.1. The Morgan fingerprint density at radius 3 is 3.04 bits per heavy atom. The topological polar surface area (TPSA) is 47.7 Å². The second-order valence-electron chi connectivity index (χ2n) is 6.67. The van der Waals surface area contributed by atoms with Gasteiger partial charge in [0.15, 0.2) is 0 Å². The van der Waals surface area contributed by atoms with E-state index in [1.807, 2.05) is 31.3 Å². The lowest BCUT2D eigenvalue weighted by Crippen LogP contribution is -2.51. The van der Waals surface area contributed by atoms with Crippen LogP contribution in [0.5, 0.6) is 0 Å². The molecule has 0 amide bonds. The van der Waals surface area contributed by atoms with Gasteiger partial charge in [-0.3, -0.25) is 9.88 Å². The summed E-state index contributed by atoms with van der Waals surface area (Å²) in [6.45, 7) is 5.16. The lowest BCUT2D eigenvalue weighted by atomic mass is 10.1. The molecular formula is C19H24N2O3. The van der Waals surface area contributed by atoms with Gasteiger partial charge in [0.25, 0.3) is 0 Å². The number of aromatic nitrogens is 1. The van der Waals surface area contributed by atoms with Gasteiger partial charge in [-0.05, 0) is 43.5 Å². The molecule has 0 bridgehead atoms. The van der Waals surface area contributed by atoms with Gasteiger partial charge in [0, 0.05) is 25.0 Å². The molecule has 3 atom stereocenters. The summed E-state index contributed by atoms with van der Waals surface area (Å²) in [4.78, 5) is 6.63. The van der Waals surface area contributed by atoms with Crippen LogP contribution in [0.3, 0.4) is 0 Å². The van der Waals surface area contributed by atoms with Gasteiger partial charge in [-0.2, -0.15) is 0 Å². The Balaban J connectivity index is 1.37. The van der Waals surface area contributed by atoms with Crippen LogP contribution >= 0.6 is 0 Å². The molecule has 0 aromatic carbocycles. The maximum Gasteiger partial charge on any atom is 0.118 e. The first-order valence-corrected chi connectivity index (χ1v) is 8.71. The number of pyridine rings is 1. The maximum atomic E-state index is 6.15. The molecule has 3 heterocycles. The Morgan fingerprint density at radius 1 is 1.29 bits per heavy atom. The summed E-state index contributed by atoms with van der Waals surface area (Å²) in [6.07, 6.45) is 6.13. The lowest BCUT2D eigenvalue weighted by molar-refractivity contribution is -0.119. The average Bonchev–Trinajstić information content (AvgIpc) is 3.21. The first-order chi connectivity index (χ1) is 11.8. The SMILES string of the molecule is Cc1ccc(CN2CCO[C@@H]3[C@@H](OCc4cccnc4)CC[C@@H]32)o1. The van der Waals surface area contributed by atoms with E-state index in [1.54, 1.807) is 6.20 Å². The molecule has 1 saturated carbocycles. The minimum absolute atomic E-state index is 0.159. The molecule has 128 valence electrons. The van der Waals surface area contributed by atoms with Crippen molar-refractivity contribution in [3.8, 4) is 0 Å². The van der Waals surface area contributed by atoms with Crippen molar-refractivity contribution in [2.75, 3.05) is 13.2 Å². The number of hydrogen-bond acceptors (Lipinski definition) is 5. The van der Waals surface area contributed by atoms with Crippen LogP contribution < -0.4 is 0 Å². The van der Waals surface area contributed by atoms with Gasteiger partial charge >= 0.3 is 0 Å². The molecule has 1 aliphatic carbocycles. The Bertz CT molecular complexity index is 658. The molecule has 5 nitrogen and oxygen atoms in total. The monoisotopic (exact) mass is 328 g/mol. The number of furan rings is 1. The summed E-state index contributed by atoms with van der Waals surface area (Å²) in [5, 5.41) is 0. The van der Waals surface area contributed by atoms with E-state index in [2.05, 4.69) is 16.0 Å². The fourth-order valence-corrected chi connectivity index (χ4v) is 3.82. The molecule has 1 saturated heterocycles. The minimum Gasteiger partial charge on any atom is -0.465 e. The van der Waals surface area contributed by atoms with Crippen molar-refractivity contribution in [1.82, 2.24) is 9.88 Å². The number of fused-ring (bicyclic) bond motifs is 1. The second-order valence-corrected chi connectivity index (χ2v) is 6.67. The third-order valence-electron chi connectivity index (χ3n) is 4.99. The molecule has 1 aliphatic heterocycles. The lowest BCUT2D eigenvalue weighted by Gasteiger charge is -2.38. The molecule has 2 aromatic heterocycles. The van der Waals surface area contributed by atoms with Gasteiger partial charge in [0.2, 0.25) is 0 Å². The van der Waals surface area contributed by atoms with E-state index in [4.69, 9.17) is 13.9 Å². The first kappa shape index (κ1) is 15.8. The number of nitrogens with zero attached hydrogens (tertiary/aromatic N) is 2. The van der Waals surface area contributed by atoms with Crippen LogP contribution in [0.25, 0.3) is 0 Å². The Kier molecular flexibility index (Phi) is 4.65. The van der Waals surface area contributed by atoms with Gasteiger partial charge in [-0.15, -0.1) is 0 Å². The number of rotatable bonds is 5. The molecule has 2 aliphatic rings. The van der Waals surface area contributed by atoms with E-state index in [0.29, 0.717) is 12.6 Å². The van der Waals surface area contributed by atoms with E-state index >= 15 is 0 Å². The summed E-state index contributed by atoms with van der Waals surface area (Å²) in [6, 6.07) is 8.52. The van der Waals surface area contributed by atoms with Crippen LogP contribution in [0, 0.1) is 6.92 Å². The van der Waals surface area contributed by atoms with Crippen LogP contribution in [-0.2, 0) is 22.6 Å². The van der Waals surface area contributed by atoms with E-state index in [9.17, 15) is 0 Å². The molecule has 0 radical (unpaired) electrons. The predicted octanol–water partition coefficient (Wildman–Crippen LogP) is 2.93. The van der Waals surface area contributed by atoms with Crippen molar-refractivity contribution in [2.24, 2.45) is 0 Å². The van der Waals surface area contributed by atoms with E-state index in [1.165, 1.54) is 0 Å². The summed E-state index contributed by atoms with van der Waals surface area (Å²) in [7, 11) is 0.